The van der Waals surface area contributed by atoms with Gasteiger partial charge in [-0.05, 0) is 34.5 Å². The molecule has 0 aliphatic carbocycles. The van der Waals surface area contributed by atoms with Crippen molar-refractivity contribution in [3.05, 3.63) is 76.8 Å². The first-order valence-electron chi connectivity index (χ1n) is 6.68. The van der Waals surface area contributed by atoms with Gasteiger partial charge in [-0.3, -0.25) is 0 Å². The van der Waals surface area contributed by atoms with E-state index in [1.54, 1.807) is 18.2 Å². The van der Waals surface area contributed by atoms with Crippen LogP contribution in [-0.2, 0) is 6.54 Å². The van der Waals surface area contributed by atoms with E-state index in [1.807, 2.05) is 18.2 Å². The van der Waals surface area contributed by atoms with Crippen molar-refractivity contribution >= 4 is 28.1 Å². The highest BCUT2D eigenvalue weighted by molar-refractivity contribution is 6.30. The maximum Gasteiger partial charge on any atom is 0.101 e. The largest absolute Gasteiger partial charge is 0.380 e. The van der Waals surface area contributed by atoms with Crippen molar-refractivity contribution in [3.8, 4) is 6.07 Å². The van der Waals surface area contributed by atoms with Gasteiger partial charge in [-0.25, -0.2) is 0 Å². The van der Waals surface area contributed by atoms with E-state index < -0.39 is 0 Å². The number of nitrogens with zero attached hydrogens (tertiary/aromatic N) is 1. The lowest BCUT2D eigenvalue weighted by Crippen LogP contribution is -2.02. The molecule has 0 heterocycles. The maximum atomic E-state index is 9.15. The minimum Gasteiger partial charge on any atom is -0.380 e. The Morgan fingerprint density at radius 3 is 2.67 bits per heavy atom. The van der Waals surface area contributed by atoms with Crippen LogP contribution in [0, 0.1) is 11.3 Å². The van der Waals surface area contributed by atoms with E-state index in [0.29, 0.717) is 17.1 Å². The Morgan fingerprint density at radius 2 is 1.81 bits per heavy atom. The summed E-state index contributed by atoms with van der Waals surface area (Å²) in [5, 5.41) is 15.5. The van der Waals surface area contributed by atoms with Crippen LogP contribution in [-0.4, -0.2) is 0 Å². The predicted molar refractivity (Wildman–Crippen MR) is 87.4 cm³/mol. The number of rotatable bonds is 3. The third kappa shape index (κ3) is 2.84. The Balaban J connectivity index is 1.91. The van der Waals surface area contributed by atoms with E-state index >= 15 is 0 Å². The quantitative estimate of drug-likeness (QED) is 0.739. The summed E-state index contributed by atoms with van der Waals surface area (Å²) in [5.41, 5.74) is 2.55. The third-order valence-corrected chi connectivity index (χ3v) is 3.69. The van der Waals surface area contributed by atoms with Gasteiger partial charge >= 0.3 is 0 Å². The standard InChI is InChI=1S/C18H13ClN2/c19-16-9-8-14(11-20)18(10-16)21-12-15-6-3-5-13-4-1-2-7-17(13)15/h1-10,21H,12H2. The number of halogens is 1. The van der Waals surface area contributed by atoms with Crippen molar-refractivity contribution in [1.82, 2.24) is 0 Å². The molecule has 0 atom stereocenters. The van der Waals surface area contributed by atoms with Crippen LogP contribution >= 0.6 is 11.6 Å². The fourth-order valence-electron chi connectivity index (χ4n) is 2.40. The summed E-state index contributed by atoms with van der Waals surface area (Å²) in [6.45, 7) is 0.649. The van der Waals surface area contributed by atoms with Crippen molar-refractivity contribution in [1.29, 1.82) is 5.26 Å². The Labute approximate surface area is 128 Å². The van der Waals surface area contributed by atoms with Gasteiger partial charge in [0, 0.05) is 11.6 Å². The van der Waals surface area contributed by atoms with E-state index in [9.17, 15) is 0 Å². The molecule has 0 aromatic heterocycles. The van der Waals surface area contributed by atoms with Crippen LogP contribution < -0.4 is 5.32 Å². The summed E-state index contributed by atoms with van der Waals surface area (Å²) >= 11 is 6.00. The highest BCUT2D eigenvalue weighted by Crippen LogP contribution is 2.23. The minimum absolute atomic E-state index is 0.597. The second-order valence-electron chi connectivity index (χ2n) is 4.79. The van der Waals surface area contributed by atoms with Crippen molar-refractivity contribution in [2.24, 2.45) is 0 Å². The molecule has 3 aromatic carbocycles. The zero-order chi connectivity index (χ0) is 14.7. The molecule has 102 valence electrons. The summed E-state index contributed by atoms with van der Waals surface area (Å²) in [5.74, 6) is 0. The summed E-state index contributed by atoms with van der Waals surface area (Å²) in [7, 11) is 0. The van der Waals surface area contributed by atoms with Crippen LogP contribution in [0.15, 0.2) is 60.7 Å². The number of hydrogen-bond acceptors (Lipinski definition) is 2. The Hall–Kier alpha value is -2.50. The van der Waals surface area contributed by atoms with Gasteiger partial charge < -0.3 is 5.32 Å². The number of hydrogen-bond donors (Lipinski definition) is 1. The smallest absolute Gasteiger partial charge is 0.101 e. The Morgan fingerprint density at radius 1 is 1.00 bits per heavy atom. The van der Waals surface area contributed by atoms with Crippen LogP contribution in [0.5, 0.6) is 0 Å². The number of nitriles is 1. The van der Waals surface area contributed by atoms with Gasteiger partial charge in [0.25, 0.3) is 0 Å². The number of anilines is 1. The minimum atomic E-state index is 0.597. The van der Waals surface area contributed by atoms with Gasteiger partial charge in [0.15, 0.2) is 0 Å². The first-order chi connectivity index (χ1) is 10.3. The normalized spacial score (nSPS) is 10.3. The fourth-order valence-corrected chi connectivity index (χ4v) is 2.57. The molecule has 0 saturated heterocycles. The van der Waals surface area contributed by atoms with Gasteiger partial charge in [0.05, 0.1) is 11.3 Å². The second kappa shape index (κ2) is 5.87. The molecule has 21 heavy (non-hydrogen) atoms. The lowest BCUT2D eigenvalue weighted by atomic mass is 10.0. The first kappa shape index (κ1) is 13.5. The monoisotopic (exact) mass is 292 g/mol. The second-order valence-corrected chi connectivity index (χ2v) is 5.23. The van der Waals surface area contributed by atoms with Crippen LogP contribution in [0.2, 0.25) is 5.02 Å². The van der Waals surface area contributed by atoms with Crippen molar-refractivity contribution in [2.45, 2.75) is 6.54 Å². The van der Waals surface area contributed by atoms with Crippen molar-refractivity contribution in [3.63, 3.8) is 0 Å². The topological polar surface area (TPSA) is 35.8 Å². The molecular formula is C18H13ClN2. The lowest BCUT2D eigenvalue weighted by molar-refractivity contribution is 1.16. The third-order valence-electron chi connectivity index (χ3n) is 3.45. The van der Waals surface area contributed by atoms with E-state index in [1.165, 1.54) is 16.3 Å². The van der Waals surface area contributed by atoms with Crippen LogP contribution in [0.3, 0.4) is 0 Å². The van der Waals surface area contributed by atoms with Crippen molar-refractivity contribution in [2.75, 3.05) is 5.32 Å². The molecule has 2 nitrogen and oxygen atoms in total. The summed E-state index contributed by atoms with van der Waals surface area (Å²) < 4.78 is 0. The summed E-state index contributed by atoms with van der Waals surface area (Å²) in [6, 6.07) is 21.9. The summed E-state index contributed by atoms with van der Waals surface area (Å²) in [4.78, 5) is 0. The maximum absolute atomic E-state index is 9.15. The van der Waals surface area contributed by atoms with Crippen LogP contribution in [0.4, 0.5) is 5.69 Å². The van der Waals surface area contributed by atoms with Crippen LogP contribution in [0.1, 0.15) is 11.1 Å². The van der Waals surface area contributed by atoms with Gasteiger partial charge in [-0.15, -0.1) is 0 Å². The fraction of sp³-hybridized carbons (Fsp3) is 0.0556. The molecule has 0 saturated carbocycles. The molecule has 0 spiro atoms. The van der Waals surface area contributed by atoms with Crippen molar-refractivity contribution < 1.29 is 0 Å². The Bertz CT molecular complexity index is 829. The van der Waals surface area contributed by atoms with E-state index in [-0.39, 0.29) is 0 Å². The molecule has 0 radical (unpaired) electrons. The first-order valence-corrected chi connectivity index (χ1v) is 7.06. The number of nitrogens with one attached hydrogen (secondary N) is 1. The molecule has 0 aliphatic rings. The average molecular weight is 293 g/mol. The average Bonchev–Trinajstić information content (AvgIpc) is 2.53. The highest BCUT2D eigenvalue weighted by atomic mass is 35.5. The summed E-state index contributed by atoms with van der Waals surface area (Å²) in [6.07, 6.45) is 0. The zero-order valence-corrected chi connectivity index (χ0v) is 12.1. The van der Waals surface area contributed by atoms with E-state index in [2.05, 4.69) is 35.7 Å². The molecule has 0 aliphatic heterocycles. The molecule has 3 aromatic rings. The molecule has 0 amide bonds. The van der Waals surface area contributed by atoms with E-state index in [0.717, 1.165) is 5.69 Å². The van der Waals surface area contributed by atoms with E-state index in [4.69, 9.17) is 16.9 Å². The van der Waals surface area contributed by atoms with Crippen LogP contribution in [0.25, 0.3) is 10.8 Å². The van der Waals surface area contributed by atoms with Gasteiger partial charge in [-0.2, -0.15) is 5.26 Å². The highest BCUT2D eigenvalue weighted by Gasteiger charge is 2.04. The Kier molecular flexibility index (Phi) is 3.77. The molecule has 3 heteroatoms. The molecule has 1 N–H and O–H groups in total. The lowest BCUT2D eigenvalue weighted by Gasteiger charge is -2.11. The molecular weight excluding hydrogens is 280 g/mol. The number of benzene rings is 3. The molecule has 3 rings (SSSR count). The predicted octanol–water partition coefficient (Wildman–Crippen LogP) is 4.98. The molecule has 0 fully saturated rings. The molecule has 0 unspecified atom stereocenters. The van der Waals surface area contributed by atoms with Gasteiger partial charge in [0.1, 0.15) is 6.07 Å². The van der Waals surface area contributed by atoms with Gasteiger partial charge in [-0.1, -0.05) is 54.1 Å². The number of fused-ring (bicyclic) bond motifs is 1. The van der Waals surface area contributed by atoms with Gasteiger partial charge in [0.2, 0.25) is 0 Å². The zero-order valence-electron chi connectivity index (χ0n) is 11.3. The SMILES string of the molecule is N#Cc1ccc(Cl)cc1NCc1cccc2ccccc12. The molecule has 0 bridgehead atoms.